The Hall–Kier alpha value is -3.49. The SMILES string of the molecule is COC(=O)[C@H](Cc1cc([N+](=O)[O-])ccc1OC)NC(=O)c1ccncc1. The molecule has 1 amide bonds. The Morgan fingerprint density at radius 2 is 1.92 bits per heavy atom. The number of ether oxygens (including phenoxy) is 2. The van der Waals surface area contributed by atoms with Crippen LogP contribution in [0.25, 0.3) is 0 Å². The van der Waals surface area contributed by atoms with Gasteiger partial charge in [-0.2, -0.15) is 0 Å². The molecule has 1 heterocycles. The number of benzene rings is 1. The minimum absolute atomic E-state index is 0.0334. The number of pyridine rings is 1. The Bertz CT molecular complexity index is 809. The van der Waals surface area contributed by atoms with Crippen LogP contribution in [0.4, 0.5) is 5.69 Å². The molecule has 0 spiro atoms. The maximum Gasteiger partial charge on any atom is 0.328 e. The molecule has 2 aromatic rings. The first-order valence-electron chi connectivity index (χ1n) is 7.56. The van der Waals surface area contributed by atoms with E-state index in [0.29, 0.717) is 16.9 Å². The highest BCUT2D eigenvalue weighted by Crippen LogP contribution is 2.25. The molecule has 2 rings (SSSR count). The lowest BCUT2D eigenvalue weighted by Crippen LogP contribution is -2.43. The number of amides is 1. The minimum Gasteiger partial charge on any atom is -0.496 e. The quantitative estimate of drug-likeness (QED) is 0.452. The molecule has 1 aromatic heterocycles. The Kier molecular flexibility index (Phi) is 6.20. The van der Waals surface area contributed by atoms with E-state index in [-0.39, 0.29) is 12.1 Å². The second-order valence-electron chi connectivity index (χ2n) is 5.24. The highest BCUT2D eigenvalue weighted by Gasteiger charge is 2.25. The zero-order valence-corrected chi connectivity index (χ0v) is 14.2. The second-order valence-corrected chi connectivity index (χ2v) is 5.24. The zero-order valence-electron chi connectivity index (χ0n) is 14.2. The Balaban J connectivity index is 2.28. The summed E-state index contributed by atoms with van der Waals surface area (Å²) in [6.45, 7) is 0. The van der Waals surface area contributed by atoms with Crippen LogP contribution in [0.2, 0.25) is 0 Å². The highest BCUT2D eigenvalue weighted by atomic mass is 16.6. The molecule has 0 fully saturated rings. The summed E-state index contributed by atoms with van der Waals surface area (Å²) in [5, 5.41) is 13.6. The molecule has 0 radical (unpaired) electrons. The van der Waals surface area contributed by atoms with E-state index in [4.69, 9.17) is 9.47 Å². The van der Waals surface area contributed by atoms with Crippen LogP contribution in [0.3, 0.4) is 0 Å². The van der Waals surface area contributed by atoms with Crippen LogP contribution in [0.1, 0.15) is 15.9 Å². The van der Waals surface area contributed by atoms with Crippen molar-refractivity contribution in [2.75, 3.05) is 14.2 Å². The number of nitrogens with one attached hydrogen (secondary N) is 1. The van der Waals surface area contributed by atoms with E-state index in [1.54, 1.807) is 0 Å². The van der Waals surface area contributed by atoms with Crippen LogP contribution < -0.4 is 10.1 Å². The van der Waals surface area contributed by atoms with E-state index in [1.165, 1.54) is 56.9 Å². The number of aromatic nitrogens is 1. The number of rotatable bonds is 7. The normalized spacial score (nSPS) is 11.3. The van der Waals surface area contributed by atoms with Crippen molar-refractivity contribution < 1.29 is 24.0 Å². The van der Waals surface area contributed by atoms with E-state index < -0.39 is 22.8 Å². The molecule has 0 aliphatic rings. The van der Waals surface area contributed by atoms with Crippen molar-refractivity contribution in [3.8, 4) is 5.75 Å². The molecule has 9 heteroatoms. The highest BCUT2D eigenvalue weighted by molar-refractivity contribution is 5.96. The molecule has 1 N–H and O–H groups in total. The molecule has 0 unspecified atom stereocenters. The van der Waals surface area contributed by atoms with Crippen LogP contribution in [0.5, 0.6) is 5.75 Å². The van der Waals surface area contributed by atoms with Gasteiger partial charge in [-0.1, -0.05) is 0 Å². The molecule has 136 valence electrons. The largest absolute Gasteiger partial charge is 0.496 e. The first kappa shape index (κ1) is 18.8. The van der Waals surface area contributed by atoms with Gasteiger partial charge in [-0.25, -0.2) is 4.79 Å². The van der Waals surface area contributed by atoms with Crippen molar-refractivity contribution in [3.05, 3.63) is 64.0 Å². The number of hydrogen-bond acceptors (Lipinski definition) is 7. The first-order chi connectivity index (χ1) is 12.5. The maximum atomic E-state index is 12.3. The van der Waals surface area contributed by atoms with Crippen LogP contribution in [0.15, 0.2) is 42.7 Å². The molecular weight excluding hydrogens is 342 g/mol. The molecule has 0 aliphatic heterocycles. The standard InChI is InChI=1S/C17H17N3O6/c1-25-15-4-3-13(20(23)24)9-12(15)10-14(17(22)26-2)19-16(21)11-5-7-18-8-6-11/h3-9,14H,10H2,1-2H3,(H,19,21)/t14-/m0/s1. The molecule has 0 aliphatic carbocycles. The molecular formula is C17H17N3O6. The van der Waals surface area contributed by atoms with Gasteiger partial charge in [0.1, 0.15) is 11.8 Å². The predicted molar refractivity (Wildman–Crippen MR) is 90.9 cm³/mol. The van der Waals surface area contributed by atoms with Gasteiger partial charge in [0.25, 0.3) is 11.6 Å². The van der Waals surface area contributed by atoms with Crippen molar-refractivity contribution in [2.24, 2.45) is 0 Å². The first-order valence-corrected chi connectivity index (χ1v) is 7.56. The van der Waals surface area contributed by atoms with Gasteiger partial charge >= 0.3 is 5.97 Å². The molecule has 1 atom stereocenters. The molecule has 0 bridgehead atoms. The number of carbonyl (C=O) groups is 2. The number of hydrogen-bond donors (Lipinski definition) is 1. The molecule has 0 saturated carbocycles. The van der Waals surface area contributed by atoms with Crippen LogP contribution >= 0.6 is 0 Å². The number of nitro groups is 1. The van der Waals surface area contributed by atoms with E-state index in [1.807, 2.05) is 0 Å². The van der Waals surface area contributed by atoms with E-state index >= 15 is 0 Å². The minimum atomic E-state index is -1.04. The lowest BCUT2D eigenvalue weighted by Gasteiger charge is -2.18. The van der Waals surface area contributed by atoms with Crippen LogP contribution in [-0.4, -0.2) is 42.0 Å². The van der Waals surface area contributed by atoms with Gasteiger partial charge < -0.3 is 14.8 Å². The molecule has 26 heavy (non-hydrogen) atoms. The topological polar surface area (TPSA) is 121 Å². The second kappa shape index (κ2) is 8.56. The van der Waals surface area contributed by atoms with Gasteiger partial charge in [-0.15, -0.1) is 0 Å². The van der Waals surface area contributed by atoms with Gasteiger partial charge in [-0.3, -0.25) is 19.9 Å². The molecule has 9 nitrogen and oxygen atoms in total. The predicted octanol–water partition coefficient (Wildman–Crippen LogP) is 1.51. The van der Waals surface area contributed by atoms with Crippen molar-refractivity contribution in [1.29, 1.82) is 0 Å². The Morgan fingerprint density at radius 1 is 1.23 bits per heavy atom. The summed E-state index contributed by atoms with van der Waals surface area (Å²) in [5.74, 6) is -0.809. The van der Waals surface area contributed by atoms with Crippen molar-refractivity contribution in [3.63, 3.8) is 0 Å². The Labute approximate surface area is 149 Å². The van der Waals surface area contributed by atoms with Crippen molar-refractivity contribution in [1.82, 2.24) is 10.3 Å². The molecule has 1 aromatic carbocycles. The molecule has 0 saturated heterocycles. The third-order valence-corrected chi connectivity index (χ3v) is 3.63. The summed E-state index contributed by atoms with van der Waals surface area (Å²) >= 11 is 0. The summed E-state index contributed by atoms with van der Waals surface area (Å²) in [4.78, 5) is 38.6. The van der Waals surface area contributed by atoms with Gasteiger partial charge in [0.05, 0.1) is 19.1 Å². The number of non-ortho nitro benzene ring substituents is 1. The third kappa shape index (κ3) is 4.53. The van der Waals surface area contributed by atoms with Crippen molar-refractivity contribution >= 4 is 17.6 Å². The van der Waals surface area contributed by atoms with Gasteiger partial charge in [0.2, 0.25) is 0 Å². The summed E-state index contributed by atoms with van der Waals surface area (Å²) in [6, 6.07) is 5.98. The van der Waals surface area contributed by atoms with E-state index in [9.17, 15) is 19.7 Å². The van der Waals surface area contributed by atoms with Gasteiger partial charge in [0, 0.05) is 42.1 Å². The number of methoxy groups -OCH3 is 2. The van der Waals surface area contributed by atoms with Gasteiger partial charge in [0.15, 0.2) is 0 Å². The summed E-state index contributed by atoms with van der Waals surface area (Å²) in [5.41, 5.74) is 0.567. The zero-order chi connectivity index (χ0) is 19.1. The number of nitrogens with zero attached hydrogens (tertiary/aromatic N) is 2. The summed E-state index contributed by atoms with van der Waals surface area (Å²) in [6.07, 6.45) is 2.87. The Morgan fingerprint density at radius 3 is 2.50 bits per heavy atom. The number of carbonyl (C=O) groups excluding carboxylic acids is 2. The lowest BCUT2D eigenvalue weighted by atomic mass is 10.0. The monoisotopic (exact) mass is 359 g/mol. The fourth-order valence-electron chi connectivity index (χ4n) is 2.34. The number of nitro benzene ring substituents is 1. The average Bonchev–Trinajstić information content (AvgIpc) is 2.67. The summed E-state index contributed by atoms with van der Waals surface area (Å²) < 4.78 is 9.92. The van der Waals surface area contributed by atoms with Crippen LogP contribution in [0, 0.1) is 10.1 Å². The maximum absolute atomic E-state index is 12.3. The van der Waals surface area contributed by atoms with E-state index in [2.05, 4.69) is 10.3 Å². The third-order valence-electron chi connectivity index (χ3n) is 3.63. The van der Waals surface area contributed by atoms with Crippen LogP contribution in [-0.2, 0) is 16.0 Å². The fraction of sp³-hybridized carbons (Fsp3) is 0.235. The lowest BCUT2D eigenvalue weighted by molar-refractivity contribution is -0.384. The fourth-order valence-corrected chi connectivity index (χ4v) is 2.34. The number of esters is 1. The smallest absolute Gasteiger partial charge is 0.328 e. The summed E-state index contributed by atoms with van der Waals surface area (Å²) in [7, 11) is 2.60. The van der Waals surface area contributed by atoms with Crippen molar-refractivity contribution in [2.45, 2.75) is 12.5 Å². The van der Waals surface area contributed by atoms with E-state index in [0.717, 1.165) is 0 Å². The van der Waals surface area contributed by atoms with Gasteiger partial charge in [-0.05, 0) is 18.2 Å². The average molecular weight is 359 g/mol.